The SMILES string of the molecule is COc1cc(-c2cccc(C(=O)O)c2)ccc1C(=O)O. The summed E-state index contributed by atoms with van der Waals surface area (Å²) >= 11 is 0. The minimum absolute atomic E-state index is 0.0608. The average Bonchev–Trinajstić information content (AvgIpc) is 2.46. The van der Waals surface area contributed by atoms with Crippen molar-refractivity contribution < 1.29 is 24.5 Å². The van der Waals surface area contributed by atoms with Gasteiger partial charge in [-0.2, -0.15) is 0 Å². The topological polar surface area (TPSA) is 83.8 Å². The molecule has 2 rings (SSSR count). The fourth-order valence-corrected chi connectivity index (χ4v) is 1.88. The molecule has 0 unspecified atom stereocenters. The number of carboxylic acids is 2. The highest BCUT2D eigenvalue weighted by atomic mass is 16.5. The molecule has 20 heavy (non-hydrogen) atoms. The van der Waals surface area contributed by atoms with Gasteiger partial charge in [0.1, 0.15) is 11.3 Å². The molecule has 0 radical (unpaired) electrons. The Balaban J connectivity index is 2.50. The van der Waals surface area contributed by atoms with Crippen molar-refractivity contribution in [2.24, 2.45) is 0 Å². The number of ether oxygens (including phenoxy) is 1. The summed E-state index contributed by atoms with van der Waals surface area (Å²) in [6.45, 7) is 0. The summed E-state index contributed by atoms with van der Waals surface area (Å²) < 4.78 is 5.05. The molecule has 0 fully saturated rings. The maximum atomic E-state index is 11.0. The number of methoxy groups -OCH3 is 1. The van der Waals surface area contributed by atoms with Crippen LogP contribution < -0.4 is 4.74 Å². The number of hydrogen-bond acceptors (Lipinski definition) is 3. The van der Waals surface area contributed by atoms with Crippen LogP contribution in [-0.2, 0) is 0 Å². The van der Waals surface area contributed by atoms with Crippen molar-refractivity contribution in [2.45, 2.75) is 0 Å². The van der Waals surface area contributed by atoms with Crippen LogP contribution in [0.1, 0.15) is 20.7 Å². The Labute approximate surface area is 115 Å². The van der Waals surface area contributed by atoms with E-state index < -0.39 is 11.9 Å². The normalized spacial score (nSPS) is 10.1. The van der Waals surface area contributed by atoms with Gasteiger partial charge in [-0.1, -0.05) is 18.2 Å². The van der Waals surface area contributed by atoms with E-state index in [0.717, 1.165) is 0 Å². The standard InChI is InChI=1S/C15H12O5/c1-20-13-8-10(5-6-12(13)15(18)19)9-3-2-4-11(7-9)14(16)17/h2-8H,1H3,(H,16,17)(H,18,19). The molecule has 0 heterocycles. The van der Waals surface area contributed by atoms with Crippen LogP contribution in [0.2, 0.25) is 0 Å². The van der Waals surface area contributed by atoms with Crippen molar-refractivity contribution >= 4 is 11.9 Å². The maximum absolute atomic E-state index is 11.0. The minimum atomic E-state index is -1.08. The van der Waals surface area contributed by atoms with Gasteiger partial charge in [-0.25, -0.2) is 9.59 Å². The Morgan fingerprint density at radius 3 is 2.25 bits per heavy atom. The summed E-state index contributed by atoms with van der Waals surface area (Å²) in [4.78, 5) is 22.0. The third-order valence-electron chi connectivity index (χ3n) is 2.87. The molecule has 0 aromatic heterocycles. The van der Waals surface area contributed by atoms with Crippen molar-refractivity contribution in [3.8, 4) is 16.9 Å². The Morgan fingerprint density at radius 2 is 1.65 bits per heavy atom. The lowest BCUT2D eigenvalue weighted by Gasteiger charge is -2.08. The Hall–Kier alpha value is -2.82. The zero-order valence-corrected chi connectivity index (χ0v) is 10.7. The quantitative estimate of drug-likeness (QED) is 0.894. The first-order valence-electron chi connectivity index (χ1n) is 5.78. The molecule has 5 heteroatoms. The van der Waals surface area contributed by atoms with E-state index in [4.69, 9.17) is 14.9 Å². The van der Waals surface area contributed by atoms with Crippen LogP contribution in [0.5, 0.6) is 5.75 Å². The Bertz CT molecular complexity index is 676. The van der Waals surface area contributed by atoms with Crippen molar-refractivity contribution in [3.63, 3.8) is 0 Å². The molecular formula is C15H12O5. The van der Waals surface area contributed by atoms with Crippen molar-refractivity contribution in [3.05, 3.63) is 53.6 Å². The molecule has 0 atom stereocenters. The van der Waals surface area contributed by atoms with Crippen LogP contribution >= 0.6 is 0 Å². The van der Waals surface area contributed by atoms with E-state index in [1.165, 1.54) is 25.3 Å². The van der Waals surface area contributed by atoms with Gasteiger partial charge in [0.2, 0.25) is 0 Å². The number of aromatic carboxylic acids is 2. The van der Waals surface area contributed by atoms with E-state index >= 15 is 0 Å². The fourth-order valence-electron chi connectivity index (χ4n) is 1.88. The largest absolute Gasteiger partial charge is 0.496 e. The Morgan fingerprint density at radius 1 is 0.950 bits per heavy atom. The van der Waals surface area contributed by atoms with Gasteiger partial charge in [0, 0.05) is 0 Å². The van der Waals surface area contributed by atoms with Gasteiger partial charge in [-0.15, -0.1) is 0 Å². The Kier molecular flexibility index (Phi) is 3.70. The van der Waals surface area contributed by atoms with Gasteiger partial charge in [-0.3, -0.25) is 0 Å². The lowest BCUT2D eigenvalue weighted by Crippen LogP contribution is -2.00. The second kappa shape index (κ2) is 5.44. The monoisotopic (exact) mass is 272 g/mol. The molecule has 102 valence electrons. The van der Waals surface area contributed by atoms with Gasteiger partial charge < -0.3 is 14.9 Å². The van der Waals surface area contributed by atoms with Crippen molar-refractivity contribution in [2.75, 3.05) is 7.11 Å². The summed E-state index contributed by atoms with van der Waals surface area (Å²) in [5.74, 6) is -1.86. The summed E-state index contributed by atoms with van der Waals surface area (Å²) in [6.07, 6.45) is 0. The van der Waals surface area contributed by atoms with Crippen LogP contribution in [0.4, 0.5) is 0 Å². The lowest BCUT2D eigenvalue weighted by molar-refractivity contribution is 0.0684. The molecule has 0 aliphatic rings. The summed E-state index contributed by atoms with van der Waals surface area (Å²) in [5.41, 5.74) is 1.60. The molecular weight excluding hydrogens is 260 g/mol. The highest BCUT2D eigenvalue weighted by molar-refractivity contribution is 5.92. The van der Waals surface area contributed by atoms with E-state index in [2.05, 4.69) is 0 Å². The first-order valence-corrected chi connectivity index (χ1v) is 5.78. The summed E-state index contributed by atoms with van der Waals surface area (Å²) in [6, 6.07) is 11.0. The molecule has 0 saturated carbocycles. The third kappa shape index (κ3) is 2.61. The number of rotatable bonds is 4. The first kappa shape index (κ1) is 13.6. The minimum Gasteiger partial charge on any atom is -0.496 e. The predicted octanol–water partition coefficient (Wildman–Crippen LogP) is 2.76. The molecule has 2 aromatic rings. The lowest BCUT2D eigenvalue weighted by atomic mass is 10.0. The summed E-state index contributed by atoms with van der Waals surface area (Å²) in [5, 5.41) is 18.0. The van der Waals surface area contributed by atoms with E-state index in [-0.39, 0.29) is 16.9 Å². The van der Waals surface area contributed by atoms with E-state index in [1.807, 2.05) is 0 Å². The maximum Gasteiger partial charge on any atom is 0.339 e. The van der Waals surface area contributed by atoms with Crippen LogP contribution in [0.3, 0.4) is 0 Å². The second-order valence-electron chi connectivity index (χ2n) is 4.11. The zero-order chi connectivity index (χ0) is 14.7. The van der Waals surface area contributed by atoms with Gasteiger partial charge in [0.25, 0.3) is 0 Å². The zero-order valence-electron chi connectivity index (χ0n) is 10.7. The molecule has 0 aliphatic heterocycles. The highest BCUT2D eigenvalue weighted by Gasteiger charge is 2.12. The molecule has 0 saturated heterocycles. The third-order valence-corrected chi connectivity index (χ3v) is 2.87. The van der Waals surface area contributed by atoms with Gasteiger partial charge in [0.15, 0.2) is 0 Å². The molecule has 2 aromatic carbocycles. The molecule has 0 amide bonds. The molecule has 2 N–H and O–H groups in total. The van der Waals surface area contributed by atoms with Crippen molar-refractivity contribution in [1.82, 2.24) is 0 Å². The fraction of sp³-hybridized carbons (Fsp3) is 0.0667. The second-order valence-corrected chi connectivity index (χ2v) is 4.11. The number of carbonyl (C=O) groups is 2. The van der Waals surface area contributed by atoms with Crippen LogP contribution in [0, 0.1) is 0 Å². The van der Waals surface area contributed by atoms with Crippen LogP contribution in [0.25, 0.3) is 11.1 Å². The molecule has 0 aliphatic carbocycles. The smallest absolute Gasteiger partial charge is 0.339 e. The van der Waals surface area contributed by atoms with Gasteiger partial charge in [0.05, 0.1) is 12.7 Å². The van der Waals surface area contributed by atoms with E-state index in [1.54, 1.807) is 24.3 Å². The van der Waals surface area contributed by atoms with E-state index in [9.17, 15) is 9.59 Å². The van der Waals surface area contributed by atoms with Crippen LogP contribution in [0.15, 0.2) is 42.5 Å². The van der Waals surface area contributed by atoms with Crippen molar-refractivity contribution in [1.29, 1.82) is 0 Å². The number of carboxylic acid groups (broad SMARTS) is 2. The van der Waals surface area contributed by atoms with Gasteiger partial charge in [-0.05, 0) is 35.4 Å². The number of benzene rings is 2. The van der Waals surface area contributed by atoms with Crippen LogP contribution in [-0.4, -0.2) is 29.3 Å². The first-order chi connectivity index (χ1) is 9.52. The molecule has 0 spiro atoms. The highest BCUT2D eigenvalue weighted by Crippen LogP contribution is 2.27. The van der Waals surface area contributed by atoms with E-state index in [0.29, 0.717) is 11.1 Å². The summed E-state index contributed by atoms with van der Waals surface area (Å²) in [7, 11) is 1.39. The predicted molar refractivity (Wildman–Crippen MR) is 72.3 cm³/mol. The number of hydrogen-bond donors (Lipinski definition) is 2. The molecule has 5 nitrogen and oxygen atoms in total. The van der Waals surface area contributed by atoms with Gasteiger partial charge >= 0.3 is 11.9 Å². The average molecular weight is 272 g/mol. The molecule has 0 bridgehead atoms.